The van der Waals surface area contributed by atoms with Crippen molar-refractivity contribution < 1.29 is 23.8 Å². The molecule has 0 saturated carbocycles. The van der Waals surface area contributed by atoms with E-state index in [1.54, 1.807) is 50.4 Å². The van der Waals surface area contributed by atoms with Gasteiger partial charge in [0.25, 0.3) is 5.91 Å². The lowest BCUT2D eigenvalue weighted by atomic mass is 9.82. The van der Waals surface area contributed by atoms with E-state index in [4.69, 9.17) is 14.2 Å². The zero-order chi connectivity index (χ0) is 27.9. The highest BCUT2D eigenvalue weighted by Crippen LogP contribution is 2.42. The van der Waals surface area contributed by atoms with Crippen LogP contribution in [0.2, 0.25) is 0 Å². The zero-order valence-corrected chi connectivity index (χ0v) is 22.6. The second kappa shape index (κ2) is 10.1. The van der Waals surface area contributed by atoms with Crippen LogP contribution in [-0.4, -0.2) is 69.7 Å². The summed E-state index contributed by atoms with van der Waals surface area (Å²) in [5, 5.41) is 12.1. The number of benzene rings is 3. The van der Waals surface area contributed by atoms with Gasteiger partial charge in [-0.05, 0) is 41.1 Å². The van der Waals surface area contributed by atoms with E-state index in [2.05, 4.69) is 15.4 Å². The average Bonchev–Trinajstić information content (AvgIpc) is 3.43. The number of hydrogen-bond acceptors (Lipinski definition) is 8. The Kier molecular flexibility index (Phi) is 6.45. The van der Waals surface area contributed by atoms with Crippen LogP contribution in [0.5, 0.6) is 17.2 Å². The van der Waals surface area contributed by atoms with E-state index in [9.17, 15) is 9.59 Å². The van der Waals surface area contributed by atoms with Crippen LogP contribution in [-0.2, 0) is 7.05 Å². The molecule has 40 heavy (non-hydrogen) atoms. The zero-order valence-electron chi connectivity index (χ0n) is 22.6. The van der Waals surface area contributed by atoms with Crippen LogP contribution in [0.3, 0.4) is 0 Å². The number of aryl methyl sites for hydroxylation is 1. The first-order valence-electron chi connectivity index (χ1n) is 13.1. The molecule has 2 aliphatic rings. The van der Waals surface area contributed by atoms with Crippen molar-refractivity contribution in [1.82, 2.24) is 25.1 Å². The lowest BCUT2D eigenvalue weighted by Crippen LogP contribution is -2.52. The van der Waals surface area contributed by atoms with Crippen molar-refractivity contribution in [3.63, 3.8) is 0 Å². The van der Waals surface area contributed by atoms with E-state index in [0.717, 1.165) is 11.1 Å². The van der Waals surface area contributed by atoms with Gasteiger partial charge in [-0.2, -0.15) is 4.80 Å². The molecule has 2 aliphatic heterocycles. The minimum Gasteiger partial charge on any atom is -0.496 e. The topological polar surface area (TPSA) is 109 Å². The molecule has 3 aromatic carbocycles. The molecule has 10 heteroatoms. The molecule has 0 atom stereocenters. The number of fused-ring (bicyclic) bond motifs is 1. The maximum atomic E-state index is 13.6. The summed E-state index contributed by atoms with van der Waals surface area (Å²) >= 11 is 0. The van der Waals surface area contributed by atoms with E-state index in [1.165, 1.54) is 4.80 Å². The maximum absolute atomic E-state index is 13.6. The smallest absolute Gasteiger partial charge is 0.254 e. The predicted molar refractivity (Wildman–Crippen MR) is 147 cm³/mol. The van der Waals surface area contributed by atoms with Gasteiger partial charge >= 0.3 is 0 Å². The molecule has 1 spiro atoms. The molecule has 1 fully saturated rings. The average molecular weight is 540 g/mol. The summed E-state index contributed by atoms with van der Waals surface area (Å²) in [5.41, 5.74) is 2.82. The largest absolute Gasteiger partial charge is 0.496 e. The predicted octanol–water partition coefficient (Wildman–Crippen LogP) is 4.20. The Morgan fingerprint density at radius 2 is 1.65 bits per heavy atom. The highest BCUT2D eigenvalue weighted by atomic mass is 16.5. The summed E-state index contributed by atoms with van der Waals surface area (Å²) in [6.45, 7) is 0.933. The van der Waals surface area contributed by atoms with Crippen molar-refractivity contribution in [1.29, 1.82) is 0 Å². The monoisotopic (exact) mass is 539 g/mol. The molecule has 0 radical (unpaired) electrons. The lowest BCUT2D eigenvalue weighted by molar-refractivity contribution is -0.00571. The highest BCUT2D eigenvalue weighted by molar-refractivity contribution is 6.01. The first-order chi connectivity index (χ1) is 19.4. The van der Waals surface area contributed by atoms with Gasteiger partial charge in [0.1, 0.15) is 22.8 Å². The highest BCUT2D eigenvalue weighted by Gasteiger charge is 2.44. The molecular weight excluding hydrogens is 510 g/mol. The van der Waals surface area contributed by atoms with Crippen LogP contribution in [0.1, 0.15) is 40.0 Å². The Morgan fingerprint density at radius 1 is 0.950 bits per heavy atom. The van der Waals surface area contributed by atoms with Crippen molar-refractivity contribution >= 4 is 11.7 Å². The van der Waals surface area contributed by atoms with Crippen LogP contribution in [0, 0.1) is 0 Å². The molecular formula is C30H29N5O5. The summed E-state index contributed by atoms with van der Waals surface area (Å²) in [5.74, 6) is 2.03. The van der Waals surface area contributed by atoms with Crippen LogP contribution >= 0.6 is 0 Å². The van der Waals surface area contributed by atoms with Crippen LogP contribution < -0.4 is 14.2 Å². The molecule has 1 saturated heterocycles. The number of Topliss-reactive ketones (excluding diaryl/α,β-unsaturated/α-hetero) is 1. The van der Waals surface area contributed by atoms with Crippen molar-refractivity contribution in [2.75, 3.05) is 27.3 Å². The number of nitrogens with zero attached hydrogens (tertiary/aromatic N) is 5. The van der Waals surface area contributed by atoms with Gasteiger partial charge in [-0.1, -0.05) is 30.3 Å². The second-order valence-electron chi connectivity index (χ2n) is 10.1. The number of rotatable bonds is 5. The first kappa shape index (κ1) is 25.5. The number of piperidine rings is 1. The maximum Gasteiger partial charge on any atom is 0.254 e. The number of likely N-dealkylation sites (tertiary alicyclic amines) is 1. The fourth-order valence-corrected chi connectivity index (χ4v) is 5.54. The summed E-state index contributed by atoms with van der Waals surface area (Å²) < 4.78 is 17.8. The summed E-state index contributed by atoms with van der Waals surface area (Å²) in [4.78, 5) is 30.0. The van der Waals surface area contributed by atoms with Gasteiger partial charge in [0.15, 0.2) is 5.78 Å². The second-order valence-corrected chi connectivity index (χ2v) is 10.1. The van der Waals surface area contributed by atoms with Crippen molar-refractivity contribution in [2.45, 2.75) is 24.9 Å². The van der Waals surface area contributed by atoms with Gasteiger partial charge in [-0.3, -0.25) is 9.59 Å². The normalized spacial score (nSPS) is 15.9. The van der Waals surface area contributed by atoms with Crippen molar-refractivity contribution in [3.8, 4) is 39.8 Å². The number of tetrazole rings is 1. The molecule has 0 N–H and O–H groups in total. The third-order valence-corrected chi connectivity index (χ3v) is 7.63. The third-order valence-electron chi connectivity index (χ3n) is 7.63. The van der Waals surface area contributed by atoms with E-state index in [0.29, 0.717) is 65.7 Å². The number of methoxy groups -OCH3 is 2. The standard InChI is InChI=1S/C30H29N5O5/c1-34-32-28(31-33-34)20-9-10-24-22(15-20)23(36)18-30(40-24)11-13-35(14-12-30)29(37)21-16-25(38-2)27(26(17-21)39-3)19-7-5-4-6-8-19/h4-10,15-17H,11-14,18H2,1-3H3. The molecule has 0 aliphatic carbocycles. The minimum absolute atomic E-state index is 0.0118. The number of carbonyl (C=O) groups excluding carboxylic acids is 2. The molecule has 204 valence electrons. The molecule has 4 aromatic rings. The van der Waals surface area contributed by atoms with E-state index >= 15 is 0 Å². The molecule has 10 nitrogen and oxygen atoms in total. The minimum atomic E-state index is -0.639. The number of amides is 1. The Labute approximate surface area is 231 Å². The van der Waals surface area contributed by atoms with Crippen molar-refractivity contribution in [2.24, 2.45) is 7.05 Å². The number of hydrogen-bond donors (Lipinski definition) is 0. The fraction of sp³-hybridized carbons (Fsp3) is 0.300. The summed E-state index contributed by atoms with van der Waals surface area (Å²) in [6, 6.07) is 18.7. The van der Waals surface area contributed by atoms with Crippen LogP contribution in [0.4, 0.5) is 0 Å². The molecule has 6 rings (SSSR count). The van der Waals surface area contributed by atoms with E-state index in [1.807, 2.05) is 36.4 Å². The lowest BCUT2D eigenvalue weighted by Gasteiger charge is -2.44. The van der Waals surface area contributed by atoms with Gasteiger partial charge in [0.05, 0.1) is 38.8 Å². The fourth-order valence-electron chi connectivity index (χ4n) is 5.54. The van der Waals surface area contributed by atoms with Crippen molar-refractivity contribution in [3.05, 3.63) is 71.8 Å². The number of ether oxygens (including phenoxy) is 3. The number of carbonyl (C=O) groups is 2. The molecule has 0 bridgehead atoms. The first-order valence-corrected chi connectivity index (χ1v) is 13.1. The van der Waals surface area contributed by atoms with E-state index < -0.39 is 5.60 Å². The molecule has 1 amide bonds. The Bertz CT molecular complexity index is 1570. The van der Waals surface area contributed by atoms with Gasteiger partial charge in [0.2, 0.25) is 5.82 Å². The molecule has 1 aromatic heterocycles. The Balaban J connectivity index is 1.19. The van der Waals surface area contributed by atoms with Gasteiger partial charge in [0, 0.05) is 37.1 Å². The molecule has 0 unspecified atom stereocenters. The Hall–Kier alpha value is -4.73. The Morgan fingerprint density at radius 3 is 2.27 bits per heavy atom. The van der Waals surface area contributed by atoms with Gasteiger partial charge in [-0.15, -0.1) is 10.2 Å². The van der Waals surface area contributed by atoms with Gasteiger partial charge in [-0.25, -0.2) is 0 Å². The third kappa shape index (κ3) is 4.55. The summed E-state index contributed by atoms with van der Waals surface area (Å²) in [6.07, 6.45) is 1.36. The quantitative estimate of drug-likeness (QED) is 0.371. The van der Waals surface area contributed by atoms with Gasteiger partial charge < -0.3 is 19.1 Å². The summed E-state index contributed by atoms with van der Waals surface area (Å²) in [7, 11) is 4.86. The number of aromatic nitrogens is 4. The molecule has 3 heterocycles. The SMILES string of the molecule is COc1cc(C(=O)N2CCC3(CC2)CC(=O)c2cc(-c4nnn(C)n4)ccc2O3)cc(OC)c1-c1ccccc1. The van der Waals surface area contributed by atoms with E-state index in [-0.39, 0.29) is 18.1 Å². The van der Waals surface area contributed by atoms with Crippen LogP contribution in [0.25, 0.3) is 22.5 Å². The number of ketones is 1. The van der Waals surface area contributed by atoms with Crippen LogP contribution in [0.15, 0.2) is 60.7 Å².